The van der Waals surface area contributed by atoms with Crippen LogP contribution in [0.15, 0.2) is 57.8 Å². The second-order valence-corrected chi connectivity index (χ2v) is 6.14. The molecule has 1 heterocycles. The van der Waals surface area contributed by atoms with Gasteiger partial charge in [-0.1, -0.05) is 42.5 Å². The van der Waals surface area contributed by atoms with E-state index >= 15 is 0 Å². The van der Waals surface area contributed by atoms with Gasteiger partial charge in [0.2, 0.25) is 11.2 Å². The zero-order valence-corrected chi connectivity index (χ0v) is 14.1. The van der Waals surface area contributed by atoms with Crippen LogP contribution in [0.2, 0.25) is 0 Å². The number of phenols is 2. The molecule has 2 aromatic carbocycles. The van der Waals surface area contributed by atoms with Crippen LogP contribution in [0.5, 0.6) is 17.2 Å². The Bertz CT molecular complexity index is 1050. The minimum Gasteiger partial charge on any atom is -0.507 e. The third-order valence-corrected chi connectivity index (χ3v) is 4.22. The molecule has 4 N–H and O–H groups in total. The van der Waals surface area contributed by atoms with Gasteiger partial charge in [0.1, 0.15) is 22.5 Å². The number of hydrogen-bond acceptors (Lipinski definition) is 6. The first kappa shape index (κ1) is 17.6. The van der Waals surface area contributed by atoms with Gasteiger partial charge in [0.15, 0.2) is 5.76 Å². The van der Waals surface area contributed by atoms with Crippen LogP contribution in [-0.2, 0) is 6.42 Å². The molecule has 134 valence electrons. The molecule has 6 nitrogen and oxygen atoms in total. The van der Waals surface area contributed by atoms with Crippen molar-refractivity contribution in [2.45, 2.75) is 19.4 Å². The predicted molar refractivity (Wildman–Crippen MR) is 97.4 cm³/mol. The van der Waals surface area contributed by atoms with Crippen molar-refractivity contribution in [2.24, 2.45) is 0 Å². The lowest BCUT2D eigenvalue weighted by Gasteiger charge is -2.15. The highest BCUT2D eigenvalue weighted by Crippen LogP contribution is 2.39. The summed E-state index contributed by atoms with van der Waals surface area (Å²) in [5, 5.41) is 40.6. The van der Waals surface area contributed by atoms with Crippen LogP contribution in [0, 0.1) is 0 Å². The van der Waals surface area contributed by atoms with Crippen LogP contribution >= 0.6 is 0 Å². The fourth-order valence-corrected chi connectivity index (χ4v) is 2.71. The molecule has 0 aliphatic rings. The maximum atomic E-state index is 12.6. The summed E-state index contributed by atoms with van der Waals surface area (Å²) < 4.78 is 5.58. The molecule has 0 aliphatic carbocycles. The number of benzene rings is 2. The summed E-state index contributed by atoms with van der Waals surface area (Å²) in [6, 6.07) is 9.70. The van der Waals surface area contributed by atoms with E-state index in [0.717, 1.165) is 0 Å². The summed E-state index contributed by atoms with van der Waals surface area (Å²) >= 11 is 0. The highest BCUT2D eigenvalue weighted by atomic mass is 16.4. The zero-order valence-electron chi connectivity index (χ0n) is 14.1. The maximum Gasteiger partial charge on any atom is 0.238 e. The molecule has 0 radical (unpaired) electrons. The average Bonchev–Trinajstić information content (AvgIpc) is 2.61. The van der Waals surface area contributed by atoms with Crippen molar-refractivity contribution < 1.29 is 24.8 Å². The largest absolute Gasteiger partial charge is 0.507 e. The van der Waals surface area contributed by atoms with Crippen molar-refractivity contribution in [3.63, 3.8) is 0 Å². The van der Waals surface area contributed by atoms with Gasteiger partial charge >= 0.3 is 0 Å². The Hall–Kier alpha value is -3.25. The van der Waals surface area contributed by atoms with Gasteiger partial charge in [0.05, 0.1) is 6.10 Å². The van der Waals surface area contributed by atoms with E-state index in [1.165, 1.54) is 6.07 Å². The quantitative estimate of drug-likeness (QED) is 0.536. The summed E-state index contributed by atoms with van der Waals surface area (Å²) in [6.07, 6.45) is -1.14. The fourth-order valence-electron chi connectivity index (χ4n) is 2.71. The first-order valence-electron chi connectivity index (χ1n) is 7.93. The molecule has 6 heteroatoms. The highest BCUT2D eigenvalue weighted by Gasteiger charge is 2.23. The van der Waals surface area contributed by atoms with E-state index < -0.39 is 23.0 Å². The Morgan fingerprint density at radius 2 is 1.81 bits per heavy atom. The minimum atomic E-state index is -1.01. The lowest BCUT2D eigenvalue weighted by Crippen LogP contribution is -2.12. The summed E-state index contributed by atoms with van der Waals surface area (Å²) in [7, 11) is 0. The Kier molecular flexibility index (Phi) is 4.44. The molecular weight excluding hydrogens is 336 g/mol. The number of phenolic OH excluding ortho intramolecular Hbond substituents is 2. The van der Waals surface area contributed by atoms with E-state index in [2.05, 4.69) is 6.58 Å². The molecule has 3 aromatic rings. The number of fused-ring (bicyclic) bond motifs is 1. The molecule has 0 unspecified atom stereocenters. The van der Waals surface area contributed by atoms with Gasteiger partial charge in [-0.3, -0.25) is 4.79 Å². The molecule has 26 heavy (non-hydrogen) atoms. The molecule has 0 amide bonds. The van der Waals surface area contributed by atoms with Crippen molar-refractivity contribution in [1.29, 1.82) is 0 Å². The molecule has 1 atom stereocenters. The molecule has 0 spiro atoms. The summed E-state index contributed by atoms with van der Waals surface area (Å²) in [5.74, 6) is -1.57. The van der Waals surface area contributed by atoms with Gasteiger partial charge in [-0.25, -0.2) is 0 Å². The average molecular weight is 354 g/mol. The third-order valence-electron chi connectivity index (χ3n) is 4.22. The number of hydrogen-bond donors (Lipinski definition) is 4. The molecule has 0 fully saturated rings. The van der Waals surface area contributed by atoms with Crippen LogP contribution in [0.25, 0.3) is 22.3 Å². The smallest absolute Gasteiger partial charge is 0.238 e. The lowest BCUT2D eigenvalue weighted by molar-refractivity contribution is 0.209. The molecular formula is C20H18O6. The van der Waals surface area contributed by atoms with Crippen molar-refractivity contribution in [3.8, 4) is 28.6 Å². The van der Waals surface area contributed by atoms with E-state index in [1.807, 2.05) is 0 Å². The van der Waals surface area contributed by atoms with Crippen LogP contribution < -0.4 is 5.43 Å². The second kappa shape index (κ2) is 6.57. The number of aliphatic hydroxyl groups is 1. The zero-order chi connectivity index (χ0) is 19.0. The lowest BCUT2D eigenvalue weighted by atomic mass is 9.99. The summed E-state index contributed by atoms with van der Waals surface area (Å²) in [6.45, 7) is 5.22. The van der Waals surface area contributed by atoms with Crippen molar-refractivity contribution in [3.05, 3.63) is 64.3 Å². The van der Waals surface area contributed by atoms with Gasteiger partial charge in [-0.15, -0.1) is 0 Å². The molecule has 1 aromatic heterocycles. The first-order chi connectivity index (χ1) is 12.3. The Labute approximate surface area is 148 Å². The normalized spacial score (nSPS) is 12.2. The number of aliphatic hydroxyl groups excluding tert-OH is 1. The van der Waals surface area contributed by atoms with Crippen LogP contribution in [0.4, 0.5) is 0 Å². The number of rotatable bonds is 4. The van der Waals surface area contributed by atoms with Gasteiger partial charge in [0, 0.05) is 23.6 Å². The van der Waals surface area contributed by atoms with Gasteiger partial charge in [-0.05, 0) is 6.92 Å². The summed E-state index contributed by atoms with van der Waals surface area (Å²) in [5.41, 5.74) is -0.000915. The minimum absolute atomic E-state index is 0.0211. The van der Waals surface area contributed by atoms with Crippen molar-refractivity contribution in [1.82, 2.24) is 0 Å². The molecule has 0 bridgehead atoms. The highest BCUT2D eigenvalue weighted by molar-refractivity contribution is 5.89. The fraction of sp³-hybridized carbons (Fsp3) is 0.150. The van der Waals surface area contributed by atoms with Crippen molar-refractivity contribution >= 4 is 11.0 Å². The standard InChI is InChI=1S/C20H18O6/c1-10(2)13(21)8-12-14(22)9-15-16(17(12)23)18(24)19(25)20(26-15)11-6-4-3-5-7-11/h3-7,9,13,21-23,25H,1,8H2,2H3/t13-/m1/s1. The Balaban J connectivity index is 2.26. The maximum absolute atomic E-state index is 12.6. The van der Waals surface area contributed by atoms with E-state index in [1.54, 1.807) is 37.3 Å². The molecule has 0 aliphatic heterocycles. The second-order valence-electron chi connectivity index (χ2n) is 6.14. The monoisotopic (exact) mass is 354 g/mol. The predicted octanol–water partition coefficient (Wildman–Crippen LogP) is 3.06. The summed E-state index contributed by atoms with van der Waals surface area (Å²) in [4.78, 5) is 12.6. The van der Waals surface area contributed by atoms with Crippen LogP contribution in [-0.4, -0.2) is 26.5 Å². The van der Waals surface area contributed by atoms with Gasteiger partial charge in [0.25, 0.3) is 0 Å². The van der Waals surface area contributed by atoms with E-state index in [9.17, 15) is 25.2 Å². The van der Waals surface area contributed by atoms with E-state index in [4.69, 9.17) is 4.42 Å². The SMILES string of the molecule is C=C(C)[C@H](O)Cc1c(O)cc2oc(-c3ccccc3)c(O)c(=O)c2c1O. The Morgan fingerprint density at radius 3 is 2.42 bits per heavy atom. The molecule has 3 rings (SSSR count). The number of aromatic hydroxyl groups is 3. The van der Waals surface area contributed by atoms with Crippen LogP contribution in [0.3, 0.4) is 0 Å². The van der Waals surface area contributed by atoms with Crippen molar-refractivity contribution in [2.75, 3.05) is 0 Å². The molecule has 0 saturated carbocycles. The molecule has 0 saturated heterocycles. The first-order valence-corrected chi connectivity index (χ1v) is 7.93. The van der Waals surface area contributed by atoms with Gasteiger partial charge < -0.3 is 24.8 Å². The van der Waals surface area contributed by atoms with E-state index in [-0.39, 0.29) is 34.5 Å². The van der Waals surface area contributed by atoms with Gasteiger partial charge in [-0.2, -0.15) is 0 Å². The van der Waals surface area contributed by atoms with Crippen LogP contribution in [0.1, 0.15) is 12.5 Å². The Morgan fingerprint density at radius 1 is 1.15 bits per heavy atom. The third kappa shape index (κ3) is 2.91. The topological polar surface area (TPSA) is 111 Å². The van der Waals surface area contributed by atoms with E-state index in [0.29, 0.717) is 11.1 Å².